The van der Waals surface area contributed by atoms with Gasteiger partial charge in [-0.1, -0.05) is 6.07 Å². The lowest BCUT2D eigenvalue weighted by Crippen LogP contribution is -1.94. The summed E-state index contributed by atoms with van der Waals surface area (Å²) in [4.78, 5) is 0. The highest BCUT2D eigenvalue weighted by atomic mass is 19.1. The van der Waals surface area contributed by atoms with E-state index in [1.807, 2.05) is 6.20 Å². The Hall–Kier alpha value is -1.68. The second-order valence-corrected chi connectivity index (χ2v) is 3.60. The fraction of sp³-hybridized carbons (Fsp3) is 0.250. The van der Waals surface area contributed by atoms with Crippen molar-refractivity contribution in [1.29, 1.82) is 0 Å². The first-order valence-corrected chi connectivity index (χ1v) is 5.20. The van der Waals surface area contributed by atoms with E-state index in [9.17, 15) is 4.39 Å². The molecule has 0 saturated heterocycles. The molecule has 0 bridgehead atoms. The second-order valence-electron chi connectivity index (χ2n) is 3.60. The average Bonchev–Trinajstić information content (AvgIpc) is 2.75. The lowest BCUT2D eigenvalue weighted by Gasteiger charge is -2.00. The lowest BCUT2D eigenvalue weighted by atomic mass is 10.2. The first kappa shape index (κ1) is 10.8. The Balaban J connectivity index is 2.18. The predicted octanol–water partition coefficient (Wildman–Crippen LogP) is 1.94. The molecule has 84 valence electrons. The fourth-order valence-electron chi connectivity index (χ4n) is 1.53. The molecule has 0 radical (unpaired) electrons. The highest BCUT2D eigenvalue weighted by Crippen LogP contribution is 2.10. The van der Waals surface area contributed by atoms with Crippen molar-refractivity contribution in [2.45, 2.75) is 12.8 Å². The topological polar surface area (TPSA) is 38.1 Å². The van der Waals surface area contributed by atoms with Gasteiger partial charge in [0.25, 0.3) is 0 Å². The number of aliphatic hydroxyl groups excluding tert-OH is 1. The summed E-state index contributed by atoms with van der Waals surface area (Å²) in [6, 6.07) is 6.29. The van der Waals surface area contributed by atoms with Gasteiger partial charge in [0.05, 0.1) is 11.9 Å². The van der Waals surface area contributed by atoms with E-state index in [4.69, 9.17) is 5.11 Å². The summed E-state index contributed by atoms with van der Waals surface area (Å²) in [7, 11) is 0. The van der Waals surface area contributed by atoms with Crippen LogP contribution in [-0.4, -0.2) is 21.5 Å². The van der Waals surface area contributed by atoms with Crippen LogP contribution in [0.2, 0.25) is 0 Å². The zero-order valence-corrected chi connectivity index (χ0v) is 8.81. The maximum atomic E-state index is 13.0. The number of rotatable bonds is 4. The maximum Gasteiger partial charge on any atom is 0.125 e. The van der Waals surface area contributed by atoms with Crippen LogP contribution < -0.4 is 0 Å². The molecule has 1 aromatic heterocycles. The van der Waals surface area contributed by atoms with Crippen molar-refractivity contribution in [3.8, 4) is 5.69 Å². The van der Waals surface area contributed by atoms with E-state index < -0.39 is 0 Å². The highest BCUT2D eigenvalue weighted by molar-refractivity contribution is 5.31. The molecule has 0 spiro atoms. The molecule has 3 nitrogen and oxygen atoms in total. The van der Waals surface area contributed by atoms with Crippen LogP contribution in [0.3, 0.4) is 0 Å². The number of aryl methyl sites for hydroxylation is 1. The van der Waals surface area contributed by atoms with Crippen LogP contribution in [0.15, 0.2) is 36.7 Å². The van der Waals surface area contributed by atoms with Crippen LogP contribution in [0.4, 0.5) is 4.39 Å². The summed E-state index contributed by atoms with van der Waals surface area (Å²) in [6.07, 6.45) is 5.09. The molecular weight excluding hydrogens is 207 g/mol. The maximum absolute atomic E-state index is 13.0. The van der Waals surface area contributed by atoms with Crippen LogP contribution in [0.5, 0.6) is 0 Å². The van der Waals surface area contributed by atoms with E-state index in [-0.39, 0.29) is 12.4 Å². The quantitative estimate of drug-likeness (QED) is 0.855. The van der Waals surface area contributed by atoms with Gasteiger partial charge in [-0.3, -0.25) is 0 Å². The van der Waals surface area contributed by atoms with Gasteiger partial charge in [-0.2, -0.15) is 5.10 Å². The van der Waals surface area contributed by atoms with Crippen LogP contribution in [-0.2, 0) is 6.42 Å². The van der Waals surface area contributed by atoms with Crippen molar-refractivity contribution in [3.05, 3.63) is 48.0 Å². The Labute approximate surface area is 93.2 Å². The third-order valence-electron chi connectivity index (χ3n) is 2.33. The minimum Gasteiger partial charge on any atom is -0.396 e. The van der Waals surface area contributed by atoms with Crippen molar-refractivity contribution in [3.63, 3.8) is 0 Å². The number of hydrogen-bond donors (Lipinski definition) is 1. The van der Waals surface area contributed by atoms with Gasteiger partial charge in [-0.05, 0) is 36.6 Å². The minimum atomic E-state index is -0.273. The highest BCUT2D eigenvalue weighted by Gasteiger charge is 2.01. The standard InChI is InChI=1S/C12H13FN2O/c13-11-4-1-5-12(7-11)15-9-10(8-14-15)3-2-6-16/h1,4-5,7-9,16H,2-3,6H2. The Morgan fingerprint density at radius 1 is 1.38 bits per heavy atom. The summed E-state index contributed by atoms with van der Waals surface area (Å²) in [5.41, 5.74) is 1.74. The predicted molar refractivity (Wildman–Crippen MR) is 58.9 cm³/mol. The molecule has 16 heavy (non-hydrogen) atoms. The summed E-state index contributed by atoms with van der Waals surface area (Å²) in [5.74, 6) is -0.273. The number of benzene rings is 1. The Kier molecular flexibility index (Phi) is 3.31. The zero-order valence-electron chi connectivity index (χ0n) is 8.81. The number of nitrogens with zero attached hydrogens (tertiary/aromatic N) is 2. The fourth-order valence-corrected chi connectivity index (χ4v) is 1.53. The summed E-state index contributed by atoms with van der Waals surface area (Å²) < 4.78 is 14.6. The molecule has 1 N–H and O–H groups in total. The first-order valence-electron chi connectivity index (χ1n) is 5.20. The molecule has 2 aromatic rings. The van der Waals surface area contributed by atoms with Crippen LogP contribution in [0, 0.1) is 5.82 Å². The Bertz CT molecular complexity index is 468. The molecule has 4 heteroatoms. The molecule has 0 unspecified atom stereocenters. The monoisotopic (exact) mass is 220 g/mol. The van der Waals surface area contributed by atoms with Gasteiger partial charge >= 0.3 is 0 Å². The second kappa shape index (κ2) is 4.90. The van der Waals surface area contributed by atoms with Crippen molar-refractivity contribution in [2.24, 2.45) is 0 Å². The van der Waals surface area contributed by atoms with Gasteiger partial charge in [0.15, 0.2) is 0 Å². The SMILES string of the molecule is OCCCc1cnn(-c2cccc(F)c2)c1. The van der Waals surface area contributed by atoms with Crippen molar-refractivity contribution in [1.82, 2.24) is 9.78 Å². The molecule has 0 saturated carbocycles. The molecule has 2 rings (SSSR count). The zero-order chi connectivity index (χ0) is 11.4. The van der Waals surface area contributed by atoms with Crippen molar-refractivity contribution < 1.29 is 9.50 Å². The van der Waals surface area contributed by atoms with Gasteiger partial charge in [0, 0.05) is 12.8 Å². The van der Waals surface area contributed by atoms with E-state index in [0.29, 0.717) is 5.69 Å². The molecule has 1 aromatic carbocycles. The number of aromatic nitrogens is 2. The van der Waals surface area contributed by atoms with E-state index >= 15 is 0 Å². The largest absolute Gasteiger partial charge is 0.396 e. The van der Waals surface area contributed by atoms with Gasteiger partial charge < -0.3 is 5.11 Å². The van der Waals surface area contributed by atoms with Gasteiger partial charge in [0.1, 0.15) is 5.82 Å². The Morgan fingerprint density at radius 2 is 2.25 bits per heavy atom. The molecule has 0 aliphatic carbocycles. The average molecular weight is 220 g/mol. The van der Waals surface area contributed by atoms with E-state index in [0.717, 1.165) is 18.4 Å². The lowest BCUT2D eigenvalue weighted by molar-refractivity contribution is 0.288. The molecular formula is C12H13FN2O. The summed E-state index contributed by atoms with van der Waals surface area (Å²) in [6.45, 7) is 0.172. The summed E-state index contributed by atoms with van der Waals surface area (Å²) >= 11 is 0. The van der Waals surface area contributed by atoms with Gasteiger partial charge in [-0.25, -0.2) is 9.07 Å². The van der Waals surface area contributed by atoms with Crippen LogP contribution in [0.25, 0.3) is 5.69 Å². The van der Waals surface area contributed by atoms with Crippen LogP contribution in [0.1, 0.15) is 12.0 Å². The molecule has 0 amide bonds. The normalized spacial score (nSPS) is 10.6. The van der Waals surface area contributed by atoms with Gasteiger partial charge in [0.2, 0.25) is 0 Å². The van der Waals surface area contributed by atoms with Crippen LogP contribution >= 0.6 is 0 Å². The van der Waals surface area contributed by atoms with E-state index in [2.05, 4.69) is 5.10 Å². The minimum absolute atomic E-state index is 0.172. The van der Waals surface area contributed by atoms with E-state index in [1.165, 1.54) is 12.1 Å². The molecule has 1 heterocycles. The summed E-state index contributed by atoms with van der Waals surface area (Å²) in [5, 5.41) is 12.9. The molecule has 0 fully saturated rings. The molecule has 0 atom stereocenters. The molecule has 0 aliphatic rings. The van der Waals surface area contributed by atoms with Crippen molar-refractivity contribution in [2.75, 3.05) is 6.61 Å². The number of hydrogen-bond acceptors (Lipinski definition) is 2. The third-order valence-corrected chi connectivity index (χ3v) is 2.33. The van der Waals surface area contributed by atoms with Gasteiger partial charge in [-0.15, -0.1) is 0 Å². The smallest absolute Gasteiger partial charge is 0.125 e. The van der Waals surface area contributed by atoms with Crippen molar-refractivity contribution >= 4 is 0 Å². The number of halogens is 1. The van der Waals surface area contributed by atoms with E-state index in [1.54, 1.807) is 23.0 Å². The molecule has 0 aliphatic heterocycles. The first-order chi connectivity index (χ1) is 7.79. The number of aliphatic hydroxyl groups is 1. The Morgan fingerprint density at radius 3 is 3.00 bits per heavy atom. The third kappa shape index (κ3) is 2.46.